The largest absolute Gasteiger partial charge is 0.383 e. The summed E-state index contributed by atoms with van der Waals surface area (Å²) in [5.41, 5.74) is 1.58. The first-order valence-electron chi connectivity index (χ1n) is 9.64. The van der Waals surface area contributed by atoms with Crippen LogP contribution >= 0.6 is 0 Å². The summed E-state index contributed by atoms with van der Waals surface area (Å²) < 4.78 is 16.9. The summed E-state index contributed by atoms with van der Waals surface area (Å²) in [6, 6.07) is 9.74. The molecule has 0 saturated carbocycles. The molecule has 158 valence electrons. The van der Waals surface area contributed by atoms with E-state index in [2.05, 4.69) is 11.1 Å². The van der Waals surface area contributed by atoms with Crippen molar-refractivity contribution < 1.29 is 14.2 Å². The molecule has 2 N–H and O–H groups in total. The second kappa shape index (κ2) is 9.40. The van der Waals surface area contributed by atoms with Gasteiger partial charge in [0.05, 0.1) is 29.5 Å². The number of anilines is 1. The Morgan fingerprint density at radius 1 is 0.935 bits per heavy atom. The topological polar surface area (TPSA) is 186 Å². The smallest absolute Gasteiger partial charge is 0.198 e. The number of fused-ring (bicyclic) bond motifs is 1. The molecule has 1 aromatic rings. The van der Waals surface area contributed by atoms with E-state index in [0.717, 1.165) is 0 Å². The van der Waals surface area contributed by atoms with Crippen LogP contribution in [0.25, 0.3) is 0 Å². The first-order valence-corrected chi connectivity index (χ1v) is 9.64. The molecule has 1 aliphatic carbocycles. The molecule has 0 aliphatic heterocycles. The van der Waals surface area contributed by atoms with Crippen LogP contribution in [0.1, 0.15) is 55.7 Å². The quantitative estimate of drug-likeness (QED) is 0.611. The van der Waals surface area contributed by atoms with Crippen LogP contribution in [-0.2, 0) is 19.6 Å². The van der Waals surface area contributed by atoms with E-state index in [1.807, 2.05) is 24.3 Å². The lowest BCUT2D eigenvalue weighted by molar-refractivity contribution is -0.151. The SMILES string of the molecule is CCOC(CC1(C#N)c2nc(N)c(C#N)c(C#N)c2C(OCC)C1(C#N)C#N)OCC. The van der Waals surface area contributed by atoms with Crippen LogP contribution in [0.5, 0.6) is 0 Å². The molecule has 2 atom stereocenters. The Hall–Kier alpha value is -3.72. The van der Waals surface area contributed by atoms with E-state index < -0.39 is 23.2 Å². The number of rotatable bonds is 8. The van der Waals surface area contributed by atoms with Crippen molar-refractivity contribution >= 4 is 5.82 Å². The van der Waals surface area contributed by atoms with Gasteiger partial charge in [-0.25, -0.2) is 4.98 Å². The number of hydrogen-bond acceptors (Lipinski definition) is 10. The van der Waals surface area contributed by atoms with Crippen LogP contribution in [0.4, 0.5) is 5.82 Å². The third kappa shape index (κ3) is 3.32. The van der Waals surface area contributed by atoms with Crippen LogP contribution in [0, 0.1) is 62.1 Å². The number of nitrogens with two attached hydrogens (primary N) is 1. The highest BCUT2D eigenvalue weighted by Gasteiger charge is 2.69. The molecule has 0 amide bonds. The third-order valence-corrected chi connectivity index (χ3v) is 5.27. The van der Waals surface area contributed by atoms with Gasteiger partial charge in [0.15, 0.2) is 11.7 Å². The number of nitriles is 5. The summed E-state index contributed by atoms with van der Waals surface area (Å²) in [4.78, 5) is 4.24. The number of hydrogen-bond donors (Lipinski definition) is 1. The van der Waals surface area contributed by atoms with Crippen molar-refractivity contribution in [1.29, 1.82) is 26.3 Å². The van der Waals surface area contributed by atoms with Gasteiger partial charge in [0.25, 0.3) is 0 Å². The van der Waals surface area contributed by atoms with E-state index in [9.17, 15) is 26.3 Å². The van der Waals surface area contributed by atoms with Gasteiger partial charge < -0.3 is 19.9 Å². The number of nitrogens with zero attached hydrogens (tertiary/aromatic N) is 6. The Kier molecular flexibility index (Phi) is 7.14. The Labute approximate surface area is 180 Å². The molecule has 0 bridgehead atoms. The minimum absolute atomic E-state index is 0.0472. The van der Waals surface area contributed by atoms with Gasteiger partial charge in [-0.2, -0.15) is 26.3 Å². The molecule has 31 heavy (non-hydrogen) atoms. The summed E-state index contributed by atoms with van der Waals surface area (Å²) in [6.07, 6.45) is -2.47. The van der Waals surface area contributed by atoms with Crippen LogP contribution in [0.3, 0.4) is 0 Å². The number of pyridine rings is 1. The second-order valence-corrected chi connectivity index (χ2v) is 6.66. The van der Waals surface area contributed by atoms with E-state index in [4.69, 9.17) is 19.9 Å². The van der Waals surface area contributed by atoms with E-state index >= 15 is 0 Å². The normalized spacial score (nSPS) is 20.7. The predicted molar refractivity (Wildman–Crippen MR) is 105 cm³/mol. The maximum absolute atomic E-state index is 10.4. The zero-order valence-electron chi connectivity index (χ0n) is 17.5. The Morgan fingerprint density at radius 3 is 1.94 bits per heavy atom. The Balaban J connectivity index is 3.01. The standard InChI is InChI=1S/C21H21N7O3/c1-4-29-15(30-5-2)7-20(10-24)17-16(13(8-22)14(9-23)19(27)28-17)18(31-6-3)21(20,11-25)12-26/h15,18H,4-7H2,1-3H3,(H2,27,28). The average Bonchev–Trinajstić information content (AvgIpc) is 2.99. The molecular weight excluding hydrogens is 398 g/mol. The van der Waals surface area contributed by atoms with Gasteiger partial charge in [-0.15, -0.1) is 0 Å². The molecule has 0 spiro atoms. The first kappa shape index (κ1) is 23.6. The Morgan fingerprint density at radius 2 is 1.52 bits per heavy atom. The van der Waals surface area contributed by atoms with Crippen molar-refractivity contribution in [2.75, 3.05) is 25.6 Å². The highest BCUT2D eigenvalue weighted by Crippen LogP contribution is 2.61. The second-order valence-electron chi connectivity index (χ2n) is 6.66. The van der Waals surface area contributed by atoms with Crippen LogP contribution in [0.2, 0.25) is 0 Å². The van der Waals surface area contributed by atoms with E-state index in [0.29, 0.717) is 0 Å². The predicted octanol–water partition coefficient (Wildman–Crippen LogP) is 2.08. The van der Waals surface area contributed by atoms with Gasteiger partial charge in [-0.05, 0) is 20.8 Å². The monoisotopic (exact) mass is 419 g/mol. The highest BCUT2D eigenvalue weighted by atomic mass is 16.7. The van der Waals surface area contributed by atoms with Crippen molar-refractivity contribution in [2.24, 2.45) is 5.41 Å². The fraction of sp³-hybridized carbons (Fsp3) is 0.524. The minimum Gasteiger partial charge on any atom is -0.383 e. The van der Waals surface area contributed by atoms with Crippen molar-refractivity contribution in [1.82, 2.24) is 4.98 Å². The molecule has 0 fully saturated rings. The van der Waals surface area contributed by atoms with Gasteiger partial charge in [0, 0.05) is 31.8 Å². The van der Waals surface area contributed by atoms with Crippen molar-refractivity contribution in [3.05, 3.63) is 22.4 Å². The molecule has 0 saturated heterocycles. The van der Waals surface area contributed by atoms with E-state index in [1.54, 1.807) is 20.8 Å². The fourth-order valence-electron chi connectivity index (χ4n) is 3.99. The van der Waals surface area contributed by atoms with Crippen LogP contribution < -0.4 is 5.73 Å². The zero-order valence-corrected chi connectivity index (χ0v) is 17.5. The lowest BCUT2D eigenvalue weighted by atomic mass is 9.64. The van der Waals surface area contributed by atoms with Crippen molar-refractivity contribution in [2.45, 2.75) is 45.0 Å². The molecule has 10 nitrogen and oxygen atoms in total. The fourth-order valence-corrected chi connectivity index (χ4v) is 3.99. The number of aromatic nitrogens is 1. The molecule has 1 aliphatic rings. The summed E-state index contributed by atoms with van der Waals surface area (Å²) >= 11 is 0. The summed E-state index contributed by atoms with van der Waals surface area (Å²) in [6.45, 7) is 5.72. The van der Waals surface area contributed by atoms with Crippen LogP contribution in [-0.4, -0.2) is 31.1 Å². The van der Waals surface area contributed by atoms with Crippen molar-refractivity contribution in [3.63, 3.8) is 0 Å². The highest BCUT2D eigenvalue weighted by molar-refractivity contribution is 5.68. The maximum Gasteiger partial charge on any atom is 0.198 e. The lowest BCUT2D eigenvalue weighted by Crippen LogP contribution is -2.46. The number of ether oxygens (including phenoxy) is 3. The summed E-state index contributed by atoms with van der Waals surface area (Å²) in [7, 11) is 0. The van der Waals surface area contributed by atoms with Gasteiger partial charge in [0.2, 0.25) is 0 Å². The molecule has 0 radical (unpaired) electrons. The Bertz CT molecular complexity index is 1050. The summed E-state index contributed by atoms with van der Waals surface area (Å²) in [5.74, 6) is -0.274. The molecule has 0 aromatic carbocycles. The number of nitrogen functional groups attached to an aromatic ring is 1. The minimum atomic E-state index is -2.09. The molecule has 1 aromatic heterocycles. The molecule has 1 heterocycles. The van der Waals surface area contributed by atoms with Crippen LogP contribution in [0.15, 0.2) is 0 Å². The molecule has 2 rings (SSSR count). The average molecular weight is 419 g/mol. The summed E-state index contributed by atoms with van der Waals surface area (Å²) in [5, 5.41) is 50.0. The zero-order chi connectivity index (χ0) is 23.2. The first-order chi connectivity index (χ1) is 14.9. The van der Waals surface area contributed by atoms with Gasteiger partial charge in [-0.3, -0.25) is 0 Å². The van der Waals surface area contributed by atoms with E-state index in [-0.39, 0.29) is 54.4 Å². The molecule has 2 unspecified atom stereocenters. The molecular formula is C21H21N7O3. The van der Waals surface area contributed by atoms with Gasteiger partial charge in [0.1, 0.15) is 35.0 Å². The van der Waals surface area contributed by atoms with Crippen molar-refractivity contribution in [3.8, 4) is 30.3 Å². The van der Waals surface area contributed by atoms with Gasteiger partial charge >= 0.3 is 0 Å². The molecule has 10 heteroatoms. The van der Waals surface area contributed by atoms with Gasteiger partial charge in [-0.1, -0.05) is 0 Å². The maximum atomic E-state index is 10.4. The van der Waals surface area contributed by atoms with E-state index in [1.165, 1.54) is 0 Å². The lowest BCUT2D eigenvalue weighted by Gasteiger charge is -2.35. The third-order valence-electron chi connectivity index (χ3n) is 5.27.